The lowest BCUT2D eigenvalue weighted by molar-refractivity contribution is 0.367. The molecule has 102 valence electrons. The summed E-state index contributed by atoms with van der Waals surface area (Å²) in [6.45, 7) is 4.26. The lowest BCUT2D eigenvalue weighted by Crippen LogP contribution is -1.86. The van der Waals surface area contributed by atoms with Crippen molar-refractivity contribution in [2.75, 3.05) is 0 Å². The Morgan fingerprint density at radius 1 is 0.800 bits per heavy atom. The molecule has 0 spiro atoms. The number of aromatic hydroxyl groups is 3. The first-order chi connectivity index (χ1) is 9.47. The van der Waals surface area contributed by atoms with E-state index in [2.05, 4.69) is 25.7 Å². The minimum atomic E-state index is -0.531. The van der Waals surface area contributed by atoms with Gasteiger partial charge in [0.15, 0.2) is 17.2 Å². The van der Waals surface area contributed by atoms with Gasteiger partial charge in [0.05, 0.1) is 0 Å². The van der Waals surface area contributed by atoms with Crippen molar-refractivity contribution in [2.45, 2.75) is 19.8 Å². The number of phenols is 3. The summed E-state index contributed by atoms with van der Waals surface area (Å²) in [6, 6.07) is 10.5. The fourth-order valence-electron chi connectivity index (χ4n) is 1.77. The van der Waals surface area contributed by atoms with Crippen LogP contribution in [0.3, 0.4) is 0 Å². The van der Waals surface area contributed by atoms with E-state index in [4.69, 9.17) is 0 Å². The van der Waals surface area contributed by atoms with Gasteiger partial charge in [-0.3, -0.25) is 0 Å². The van der Waals surface area contributed by atoms with E-state index >= 15 is 0 Å². The highest BCUT2D eigenvalue weighted by Gasteiger charge is 2.06. The van der Waals surface area contributed by atoms with Crippen LogP contribution in [-0.2, 0) is 0 Å². The molecule has 0 aliphatic heterocycles. The van der Waals surface area contributed by atoms with E-state index in [1.165, 1.54) is 17.7 Å². The molecule has 0 heterocycles. The van der Waals surface area contributed by atoms with E-state index < -0.39 is 5.75 Å². The Kier molecular flexibility index (Phi) is 3.86. The molecule has 0 amide bonds. The van der Waals surface area contributed by atoms with Crippen molar-refractivity contribution >= 4 is 0 Å². The maximum atomic E-state index is 9.40. The molecule has 3 nitrogen and oxygen atoms in total. The molecule has 3 N–H and O–H groups in total. The van der Waals surface area contributed by atoms with E-state index in [0.717, 1.165) is 5.56 Å². The second-order valence-corrected chi connectivity index (χ2v) is 4.89. The molecule has 2 aromatic rings. The Bertz CT molecular complexity index is 651. The van der Waals surface area contributed by atoms with Crippen molar-refractivity contribution in [2.24, 2.45) is 0 Å². The number of hydrogen-bond acceptors (Lipinski definition) is 3. The van der Waals surface area contributed by atoms with Crippen molar-refractivity contribution in [1.82, 2.24) is 0 Å². The predicted octanol–water partition coefficient (Wildman–Crippen LogP) is 3.33. The summed E-state index contributed by atoms with van der Waals surface area (Å²) < 4.78 is 0. The summed E-state index contributed by atoms with van der Waals surface area (Å²) in [5, 5.41) is 28.0. The van der Waals surface area contributed by atoms with Crippen LogP contribution < -0.4 is 0 Å². The number of benzene rings is 2. The maximum absolute atomic E-state index is 9.40. The van der Waals surface area contributed by atoms with E-state index in [1.54, 1.807) is 0 Å². The molecule has 0 bridgehead atoms. The van der Waals surface area contributed by atoms with Crippen LogP contribution in [0.4, 0.5) is 0 Å². The minimum Gasteiger partial charge on any atom is -0.504 e. The van der Waals surface area contributed by atoms with E-state index in [9.17, 15) is 15.3 Å². The third-order valence-corrected chi connectivity index (χ3v) is 3.00. The van der Waals surface area contributed by atoms with E-state index in [0.29, 0.717) is 11.5 Å². The molecule has 0 saturated carbocycles. The molecule has 0 radical (unpaired) electrons. The average Bonchev–Trinajstić information content (AvgIpc) is 2.42. The third kappa shape index (κ3) is 3.04. The normalized spacial score (nSPS) is 10.2. The van der Waals surface area contributed by atoms with Crippen LogP contribution in [0.2, 0.25) is 0 Å². The Labute approximate surface area is 118 Å². The van der Waals surface area contributed by atoms with Gasteiger partial charge in [-0.05, 0) is 35.7 Å². The molecule has 0 aliphatic carbocycles. The first-order valence-electron chi connectivity index (χ1n) is 6.34. The zero-order valence-corrected chi connectivity index (χ0v) is 11.4. The van der Waals surface area contributed by atoms with Gasteiger partial charge in [0.1, 0.15) is 0 Å². The van der Waals surface area contributed by atoms with Gasteiger partial charge in [0.25, 0.3) is 0 Å². The topological polar surface area (TPSA) is 60.7 Å². The molecule has 2 aromatic carbocycles. The summed E-state index contributed by atoms with van der Waals surface area (Å²) >= 11 is 0. The van der Waals surface area contributed by atoms with Crippen LogP contribution >= 0.6 is 0 Å². The fourth-order valence-corrected chi connectivity index (χ4v) is 1.77. The highest BCUT2D eigenvalue weighted by molar-refractivity contribution is 5.56. The monoisotopic (exact) mass is 268 g/mol. The molecule has 0 saturated heterocycles. The van der Waals surface area contributed by atoms with Gasteiger partial charge in [0.2, 0.25) is 0 Å². The first-order valence-corrected chi connectivity index (χ1v) is 6.34. The standard InChI is InChI=1S/C17H16O3/c1-11(2)14-7-5-12(6-8-14)3-4-13-9-15(18)17(20)16(19)10-13/h5-11,18-20H,1-2H3. The zero-order chi connectivity index (χ0) is 14.7. The zero-order valence-electron chi connectivity index (χ0n) is 11.4. The van der Waals surface area contributed by atoms with E-state index in [1.807, 2.05) is 24.3 Å². The quantitative estimate of drug-likeness (QED) is 0.549. The second kappa shape index (κ2) is 5.58. The van der Waals surface area contributed by atoms with Crippen LogP contribution in [0.25, 0.3) is 0 Å². The van der Waals surface area contributed by atoms with Gasteiger partial charge >= 0.3 is 0 Å². The molecule has 3 heteroatoms. The van der Waals surface area contributed by atoms with Gasteiger partial charge in [-0.1, -0.05) is 37.8 Å². The van der Waals surface area contributed by atoms with Crippen molar-refractivity contribution in [3.63, 3.8) is 0 Å². The smallest absolute Gasteiger partial charge is 0.200 e. The van der Waals surface area contributed by atoms with E-state index in [-0.39, 0.29) is 11.5 Å². The molecule has 0 atom stereocenters. The van der Waals surface area contributed by atoms with Gasteiger partial charge in [-0.25, -0.2) is 0 Å². The van der Waals surface area contributed by atoms with Crippen molar-refractivity contribution < 1.29 is 15.3 Å². The van der Waals surface area contributed by atoms with Crippen LogP contribution in [0.1, 0.15) is 36.5 Å². The Morgan fingerprint density at radius 3 is 1.80 bits per heavy atom. The molecule has 20 heavy (non-hydrogen) atoms. The largest absolute Gasteiger partial charge is 0.504 e. The third-order valence-electron chi connectivity index (χ3n) is 3.00. The molecular weight excluding hydrogens is 252 g/mol. The Balaban J connectivity index is 2.27. The van der Waals surface area contributed by atoms with Crippen LogP contribution in [0.5, 0.6) is 17.2 Å². The SMILES string of the molecule is CC(C)c1ccc(C#Cc2cc(O)c(O)c(O)c2)cc1. The minimum absolute atomic E-state index is 0.385. The second-order valence-electron chi connectivity index (χ2n) is 4.89. The van der Waals surface area contributed by atoms with Gasteiger partial charge < -0.3 is 15.3 Å². The molecule has 0 aromatic heterocycles. The van der Waals surface area contributed by atoms with Crippen molar-refractivity contribution in [1.29, 1.82) is 0 Å². The highest BCUT2D eigenvalue weighted by Crippen LogP contribution is 2.35. The molecule has 2 rings (SSSR count). The lowest BCUT2D eigenvalue weighted by Gasteiger charge is -2.03. The fraction of sp³-hybridized carbons (Fsp3) is 0.176. The summed E-state index contributed by atoms with van der Waals surface area (Å²) in [5.74, 6) is 4.96. The summed E-state index contributed by atoms with van der Waals surface area (Å²) in [5.41, 5.74) is 2.53. The van der Waals surface area contributed by atoms with Crippen LogP contribution in [0, 0.1) is 11.8 Å². The van der Waals surface area contributed by atoms with Crippen molar-refractivity contribution in [3.8, 4) is 29.1 Å². The van der Waals surface area contributed by atoms with Crippen molar-refractivity contribution in [3.05, 3.63) is 53.1 Å². The summed E-state index contributed by atoms with van der Waals surface area (Å²) in [7, 11) is 0. The number of rotatable bonds is 1. The van der Waals surface area contributed by atoms with Crippen LogP contribution in [0.15, 0.2) is 36.4 Å². The molecule has 0 fully saturated rings. The summed E-state index contributed by atoms with van der Waals surface area (Å²) in [6.07, 6.45) is 0. The molecule has 0 unspecified atom stereocenters. The Hall–Kier alpha value is -2.60. The number of hydrogen-bond donors (Lipinski definition) is 3. The lowest BCUT2D eigenvalue weighted by atomic mass is 10.0. The first kappa shape index (κ1) is 13.8. The van der Waals surface area contributed by atoms with Gasteiger partial charge in [-0.2, -0.15) is 0 Å². The molecule has 0 aliphatic rings. The van der Waals surface area contributed by atoms with Gasteiger partial charge in [-0.15, -0.1) is 0 Å². The average molecular weight is 268 g/mol. The van der Waals surface area contributed by atoms with Crippen LogP contribution in [-0.4, -0.2) is 15.3 Å². The summed E-state index contributed by atoms with van der Waals surface area (Å²) in [4.78, 5) is 0. The number of phenolic OH excluding ortho intramolecular Hbond substituents is 3. The highest BCUT2D eigenvalue weighted by atomic mass is 16.3. The Morgan fingerprint density at radius 2 is 1.30 bits per heavy atom. The maximum Gasteiger partial charge on any atom is 0.200 e. The predicted molar refractivity (Wildman–Crippen MR) is 77.9 cm³/mol. The molecular formula is C17H16O3. The van der Waals surface area contributed by atoms with Gasteiger partial charge in [0, 0.05) is 11.1 Å².